The average Bonchev–Trinajstić information content (AvgIpc) is 3.11. The van der Waals surface area contributed by atoms with Gasteiger partial charge in [0.15, 0.2) is 5.69 Å². The molecule has 0 radical (unpaired) electrons. The molecule has 1 aliphatic rings. The highest BCUT2D eigenvalue weighted by Crippen LogP contribution is 2.26. The first-order chi connectivity index (χ1) is 16.3. The third kappa shape index (κ3) is 7.09. The summed E-state index contributed by atoms with van der Waals surface area (Å²) in [6.45, 7) is 5.65. The van der Waals surface area contributed by atoms with Gasteiger partial charge in [0.05, 0.1) is 5.75 Å². The molecule has 1 aliphatic heterocycles. The van der Waals surface area contributed by atoms with E-state index < -0.39 is 49.7 Å². The number of amides is 2. The number of nitrogens with zero attached hydrogens (tertiary/aromatic N) is 2. The standard InChI is InChI=1S/C23H33FN4O5S2/c1-23(2,3)20(22(30)25-10-13-35(4,32)33)26-21(29)18-16-6-5-7-17(24)19(16)28(27-18)14-15-8-11-34(31)12-9-15/h5-7,15,20H,8-14H2,1-4H3,(H,25,30)(H,26,29). The van der Waals surface area contributed by atoms with Crippen LogP contribution < -0.4 is 10.6 Å². The fourth-order valence-corrected chi connectivity index (χ4v) is 5.97. The van der Waals surface area contributed by atoms with Crippen molar-refractivity contribution < 1.29 is 26.6 Å². The van der Waals surface area contributed by atoms with Crippen molar-refractivity contribution in [3.8, 4) is 0 Å². The number of carbonyl (C=O) groups is 2. The lowest BCUT2D eigenvalue weighted by atomic mass is 9.86. The Morgan fingerprint density at radius 1 is 1.26 bits per heavy atom. The SMILES string of the molecule is CC(C)(C)C(NC(=O)c1nn(CC2CCS(=O)CC2)c2c(F)cccc12)C(=O)NCCS(C)(=O)=O. The molecular formula is C23H33FN4O5S2. The second kappa shape index (κ2) is 10.7. The molecule has 3 rings (SSSR count). The first-order valence-corrected chi connectivity index (χ1v) is 15.1. The molecule has 1 atom stereocenters. The number of carbonyl (C=O) groups excluding carboxylic acids is 2. The number of rotatable bonds is 8. The van der Waals surface area contributed by atoms with E-state index in [0.29, 0.717) is 23.4 Å². The molecule has 0 saturated carbocycles. The number of hydrogen-bond acceptors (Lipinski definition) is 6. The summed E-state index contributed by atoms with van der Waals surface area (Å²) in [5.74, 6) is -0.481. The summed E-state index contributed by atoms with van der Waals surface area (Å²) in [7, 11) is -4.07. The quantitative estimate of drug-likeness (QED) is 0.536. The van der Waals surface area contributed by atoms with Gasteiger partial charge in [0.2, 0.25) is 5.91 Å². The van der Waals surface area contributed by atoms with E-state index in [1.807, 2.05) is 0 Å². The maximum atomic E-state index is 14.8. The Hall–Kier alpha value is -2.34. The van der Waals surface area contributed by atoms with Gasteiger partial charge in [0.25, 0.3) is 5.91 Å². The Kier molecular flexibility index (Phi) is 8.36. The van der Waals surface area contributed by atoms with E-state index in [0.717, 1.165) is 19.1 Å². The maximum Gasteiger partial charge on any atom is 0.273 e. The van der Waals surface area contributed by atoms with E-state index in [1.165, 1.54) is 16.8 Å². The lowest BCUT2D eigenvalue weighted by Crippen LogP contribution is -2.54. The van der Waals surface area contributed by atoms with E-state index >= 15 is 0 Å². The number of para-hydroxylation sites is 1. The van der Waals surface area contributed by atoms with Crippen LogP contribution in [0.5, 0.6) is 0 Å². The van der Waals surface area contributed by atoms with Gasteiger partial charge in [-0.15, -0.1) is 0 Å². The summed E-state index contributed by atoms with van der Waals surface area (Å²) >= 11 is 0. The number of nitrogens with one attached hydrogen (secondary N) is 2. The second-order valence-corrected chi connectivity index (χ2v) is 14.1. The smallest absolute Gasteiger partial charge is 0.273 e. The fourth-order valence-electron chi connectivity index (χ4n) is 4.10. The van der Waals surface area contributed by atoms with Gasteiger partial charge in [-0.1, -0.05) is 32.9 Å². The summed E-state index contributed by atoms with van der Waals surface area (Å²) < 4.78 is 50.7. The topological polar surface area (TPSA) is 127 Å². The monoisotopic (exact) mass is 528 g/mol. The van der Waals surface area contributed by atoms with Crippen LogP contribution in [0.2, 0.25) is 0 Å². The van der Waals surface area contributed by atoms with Gasteiger partial charge in [-0.25, -0.2) is 12.8 Å². The van der Waals surface area contributed by atoms with Gasteiger partial charge < -0.3 is 10.6 Å². The van der Waals surface area contributed by atoms with E-state index in [4.69, 9.17) is 0 Å². The summed E-state index contributed by atoms with van der Waals surface area (Å²) in [6, 6.07) is 3.45. The molecule has 2 aromatic rings. The summed E-state index contributed by atoms with van der Waals surface area (Å²) in [5.41, 5.74) is -0.460. The van der Waals surface area contributed by atoms with Crippen molar-refractivity contribution in [3.63, 3.8) is 0 Å². The molecule has 9 nitrogen and oxygen atoms in total. The molecule has 1 unspecified atom stereocenters. The molecule has 0 bridgehead atoms. The van der Waals surface area contributed by atoms with Gasteiger partial charge in [-0.3, -0.25) is 18.5 Å². The van der Waals surface area contributed by atoms with Crippen LogP contribution in [0.25, 0.3) is 10.9 Å². The third-order valence-corrected chi connectivity index (χ3v) is 8.38. The maximum absolute atomic E-state index is 14.8. The Labute approximate surface area is 207 Å². The van der Waals surface area contributed by atoms with Crippen LogP contribution in [0.3, 0.4) is 0 Å². The molecule has 0 aliphatic carbocycles. The van der Waals surface area contributed by atoms with Crippen LogP contribution >= 0.6 is 0 Å². The van der Waals surface area contributed by atoms with Crippen molar-refractivity contribution >= 4 is 43.4 Å². The lowest BCUT2D eigenvalue weighted by Gasteiger charge is -2.30. The highest BCUT2D eigenvalue weighted by Gasteiger charge is 2.34. The van der Waals surface area contributed by atoms with Crippen molar-refractivity contribution in [3.05, 3.63) is 29.7 Å². The van der Waals surface area contributed by atoms with Crippen LogP contribution in [-0.4, -0.2) is 70.3 Å². The number of sulfone groups is 1. The zero-order valence-electron chi connectivity index (χ0n) is 20.5. The van der Waals surface area contributed by atoms with Crippen LogP contribution in [0.15, 0.2) is 18.2 Å². The zero-order valence-corrected chi connectivity index (χ0v) is 22.1. The lowest BCUT2D eigenvalue weighted by molar-refractivity contribution is -0.125. The number of halogens is 1. The molecule has 2 amide bonds. The molecule has 1 fully saturated rings. The number of hydrogen-bond donors (Lipinski definition) is 2. The third-order valence-electron chi connectivity index (χ3n) is 6.05. The molecule has 0 spiro atoms. The summed E-state index contributed by atoms with van der Waals surface area (Å²) in [5, 5.41) is 10.1. The molecule has 1 aromatic heterocycles. The van der Waals surface area contributed by atoms with Gasteiger partial charge in [0.1, 0.15) is 27.2 Å². The molecule has 12 heteroatoms. The Balaban J connectivity index is 1.85. The highest BCUT2D eigenvalue weighted by atomic mass is 32.2. The minimum absolute atomic E-state index is 0.0112. The summed E-state index contributed by atoms with van der Waals surface area (Å²) in [4.78, 5) is 26.1. The minimum atomic E-state index is -3.26. The number of aromatic nitrogens is 2. The number of fused-ring (bicyclic) bond motifs is 1. The normalized spacial score (nSPS) is 19.9. The number of benzene rings is 1. The van der Waals surface area contributed by atoms with Crippen molar-refractivity contribution in [1.29, 1.82) is 0 Å². The van der Waals surface area contributed by atoms with Gasteiger partial charge in [-0.2, -0.15) is 5.10 Å². The second-order valence-electron chi connectivity index (χ2n) is 10.2. The van der Waals surface area contributed by atoms with Crippen molar-refractivity contribution in [2.75, 3.05) is 30.1 Å². The van der Waals surface area contributed by atoms with Crippen LogP contribution in [0.1, 0.15) is 44.1 Å². The van der Waals surface area contributed by atoms with Crippen LogP contribution in [-0.2, 0) is 32.0 Å². The first kappa shape index (κ1) is 27.3. The van der Waals surface area contributed by atoms with Crippen molar-refractivity contribution in [2.45, 2.75) is 46.2 Å². The molecule has 1 saturated heterocycles. The minimum Gasteiger partial charge on any atom is -0.353 e. The van der Waals surface area contributed by atoms with Crippen molar-refractivity contribution in [1.82, 2.24) is 20.4 Å². The predicted octanol–water partition coefficient (Wildman–Crippen LogP) is 1.64. The van der Waals surface area contributed by atoms with E-state index in [-0.39, 0.29) is 29.4 Å². The van der Waals surface area contributed by atoms with Gasteiger partial charge in [0, 0.05) is 47.0 Å². The molecule has 2 N–H and O–H groups in total. The highest BCUT2D eigenvalue weighted by molar-refractivity contribution is 7.90. The average molecular weight is 529 g/mol. The van der Waals surface area contributed by atoms with E-state index in [2.05, 4.69) is 15.7 Å². The Morgan fingerprint density at radius 2 is 1.91 bits per heavy atom. The van der Waals surface area contributed by atoms with E-state index in [9.17, 15) is 26.6 Å². The zero-order chi connectivity index (χ0) is 26.0. The fraction of sp³-hybridized carbons (Fsp3) is 0.609. The van der Waals surface area contributed by atoms with E-state index in [1.54, 1.807) is 26.8 Å². The predicted molar refractivity (Wildman–Crippen MR) is 134 cm³/mol. The van der Waals surface area contributed by atoms with Crippen LogP contribution in [0, 0.1) is 17.2 Å². The summed E-state index contributed by atoms with van der Waals surface area (Å²) in [6.07, 6.45) is 2.56. The Morgan fingerprint density at radius 3 is 2.51 bits per heavy atom. The molecule has 1 aromatic carbocycles. The van der Waals surface area contributed by atoms with Gasteiger partial charge >= 0.3 is 0 Å². The van der Waals surface area contributed by atoms with Crippen LogP contribution in [0.4, 0.5) is 4.39 Å². The largest absolute Gasteiger partial charge is 0.353 e. The molecular weight excluding hydrogens is 495 g/mol. The van der Waals surface area contributed by atoms with Gasteiger partial charge in [-0.05, 0) is 30.2 Å². The molecule has 35 heavy (non-hydrogen) atoms. The Bertz CT molecular complexity index is 1230. The molecule has 2 heterocycles. The molecule has 194 valence electrons. The van der Waals surface area contributed by atoms with Crippen molar-refractivity contribution in [2.24, 2.45) is 11.3 Å². The first-order valence-electron chi connectivity index (χ1n) is 11.5.